The summed E-state index contributed by atoms with van der Waals surface area (Å²) in [6.45, 7) is 2.85. The first-order chi connectivity index (χ1) is 11.7. The van der Waals surface area contributed by atoms with Gasteiger partial charge in [-0.15, -0.1) is 0 Å². The van der Waals surface area contributed by atoms with Gasteiger partial charge in [0.25, 0.3) is 0 Å². The first kappa shape index (κ1) is 16.7. The SMILES string of the molecule is Cc1cc(NC(=O)CN(CCCO)[C@@H]2CCc3ccccc32)no1. The summed E-state index contributed by atoms with van der Waals surface area (Å²) in [5.41, 5.74) is 2.64. The molecule has 0 aliphatic heterocycles. The molecule has 1 aromatic carbocycles. The molecule has 1 amide bonds. The highest BCUT2D eigenvalue weighted by Crippen LogP contribution is 2.35. The Morgan fingerprint density at radius 3 is 3.04 bits per heavy atom. The molecule has 3 rings (SSSR count). The van der Waals surface area contributed by atoms with E-state index in [4.69, 9.17) is 4.52 Å². The van der Waals surface area contributed by atoms with Crippen LogP contribution in [0.15, 0.2) is 34.9 Å². The highest BCUT2D eigenvalue weighted by Gasteiger charge is 2.28. The van der Waals surface area contributed by atoms with E-state index in [1.807, 2.05) is 6.07 Å². The molecule has 0 radical (unpaired) electrons. The van der Waals surface area contributed by atoms with Crippen LogP contribution in [0, 0.1) is 6.92 Å². The summed E-state index contributed by atoms with van der Waals surface area (Å²) in [4.78, 5) is 14.5. The number of amides is 1. The van der Waals surface area contributed by atoms with Crippen molar-refractivity contribution in [2.75, 3.05) is 25.0 Å². The lowest BCUT2D eigenvalue weighted by atomic mass is 10.1. The molecular weight excluding hydrogens is 306 g/mol. The van der Waals surface area contributed by atoms with Gasteiger partial charge in [-0.2, -0.15) is 0 Å². The molecule has 24 heavy (non-hydrogen) atoms. The quantitative estimate of drug-likeness (QED) is 0.815. The van der Waals surface area contributed by atoms with Crippen LogP contribution in [0.1, 0.15) is 35.8 Å². The zero-order valence-corrected chi connectivity index (χ0v) is 13.9. The summed E-state index contributed by atoms with van der Waals surface area (Å²) in [6.07, 6.45) is 2.68. The number of hydrogen-bond acceptors (Lipinski definition) is 5. The van der Waals surface area contributed by atoms with Crippen molar-refractivity contribution in [3.8, 4) is 0 Å². The van der Waals surface area contributed by atoms with E-state index in [1.165, 1.54) is 11.1 Å². The Morgan fingerprint density at radius 1 is 1.46 bits per heavy atom. The van der Waals surface area contributed by atoms with Crippen LogP contribution in [-0.2, 0) is 11.2 Å². The standard InChI is InChI=1S/C18H23N3O3/c1-13-11-17(20-24-13)19-18(23)12-21(9-4-10-22)16-8-7-14-5-2-3-6-15(14)16/h2-3,5-6,11,16,22H,4,7-10,12H2,1H3,(H,19,20,23)/t16-/m1/s1. The number of anilines is 1. The molecule has 1 aromatic heterocycles. The van der Waals surface area contributed by atoms with E-state index in [9.17, 15) is 9.90 Å². The van der Waals surface area contributed by atoms with Crippen LogP contribution < -0.4 is 5.32 Å². The van der Waals surface area contributed by atoms with Gasteiger partial charge in [0.15, 0.2) is 5.82 Å². The lowest BCUT2D eigenvalue weighted by molar-refractivity contribution is -0.118. The number of aryl methyl sites for hydroxylation is 2. The number of nitrogens with zero attached hydrogens (tertiary/aromatic N) is 2. The Morgan fingerprint density at radius 2 is 2.29 bits per heavy atom. The summed E-state index contributed by atoms with van der Waals surface area (Å²) in [5.74, 6) is 0.976. The zero-order valence-electron chi connectivity index (χ0n) is 13.9. The molecule has 128 valence electrons. The average Bonchev–Trinajstić information content (AvgIpc) is 3.17. The fourth-order valence-electron chi connectivity index (χ4n) is 3.32. The maximum atomic E-state index is 12.4. The van der Waals surface area contributed by atoms with Crippen molar-refractivity contribution in [1.82, 2.24) is 10.1 Å². The third-order valence-corrected chi connectivity index (χ3v) is 4.39. The van der Waals surface area contributed by atoms with Crippen LogP contribution in [0.3, 0.4) is 0 Å². The van der Waals surface area contributed by atoms with Crippen LogP contribution in [0.25, 0.3) is 0 Å². The van der Waals surface area contributed by atoms with E-state index in [1.54, 1.807) is 13.0 Å². The Hall–Kier alpha value is -2.18. The summed E-state index contributed by atoms with van der Waals surface area (Å²) < 4.78 is 4.97. The van der Waals surface area contributed by atoms with Crippen molar-refractivity contribution in [1.29, 1.82) is 0 Å². The second kappa shape index (κ2) is 7.59. The number of nitrogens with one attached hydrogen (secondary N) is 1. The number of aromatic nitrogens is 1. The van der Waals surface area contributed by atoms with Crippen LogP contribution in [0.5, 0.6) is 0 Å². The molecule has 1 atom stereocenters. The van der Waals surface area contributed by atoms with E-state index < -0.39 is 0 Å². The molecule has 0 spiro atoms. The molecule has 2 N–H and O–H groups in total. The monoisotopic (exact) mass is 329 g/mol. The minimum atomic E-state index is -0.120. The normalized spacial score (nSPS) is 16.4. The highest BCUT2D eigenvalue weighted by atomic mass is 16.5. The Kier molecular flexibility index (Phi) is 5.27. The molecule has 1 aliphatic rings. The third-order valence-electron chi connectivity index (χ3n) is 4.39. The van der Waals surface area contributed by atoms with Gasteiger partial charge >= 0.3 is 0 Å². The van der Waals surface area contributed by atoms with Crippen LogP contribution >= 0.6 is 0 Å². The molecule has 0 fully saturated rings. The van der Waals surface area contributed by atoms with Gasteiger partial charge in [-0.05, 0) is 37.3 Å². The highest BCUT2D eigenvalue weighted by molar-refractivity contribution is 5.91. The van der Waals surface area contributed by atoms with Crippen molar-refractivity contribution in [3.05, 3.63) is 47.2 Å². The second-order valence-corrected chi connectivity index (χ2v) is 6.17. The lowest BCUT2D eigenvalue weighted by Crippen LogP contribution is -2.36. The van der Waals surface area contributed by atoms with Crippen LogP contribution in [0.2, 0.25) is 0 Å². The number of aliphatic hydroxyl groups is 1. The fourth-order valence-corrected chi connectivity index (χ4v) is 3.32. The number of hydrogen-bond donors (Lipinski definition) is 2. The number of carbonyl (C=O) groups excluding carboxylic acids is 1. The molecule has 0 saturated heterocycles. The van der Waals surface area contributed by atoms with Crippen molar-refractivity contribution in [2.24, 2.45) is 0 Å². The predicted molar refractivity (Wildman–Crippen MR) is 90.6 cm³/mol. The predicted octanol–water partition coefficient (Wildman–Crippen LogP) is 2.29. The maximum absolute atomic E-state index is 12.4. The van der Waals surface area contributed by atoms with Crippen molar-refractivity contribution in [3.63, 3.8) is 0 Å². The number of fused-ring (bicyclic) bond motifs is 1. The van der Waals surface area contributed by atoms with E-state index in [0.29, 0.717) is 24.5 Å². The van der Waals surface area contributed by atoms with Gasteiger partial charge < -0.3 is 14.9 Å². The Labute approximate surface area is 141 Å². The van der Waals surface area contributed by atoms with E-state index in [-0.39, 0.29) is 25.1 Å². The smallest absolute Gasteiger partial charge is 0.239 e. The van der Waals surface area contributed by atoms with Gasteiger partial charge in [0.05, 0.1) is 6.54 Å². The van der Waals surface area contributed by atoms with E-state index >= 15 is 0 Å². The van der Waals surface area contributed by atoms with Gasteiger partial charge in [0.1, 0.15) is 5.76 Å². The number of aliphatic hydroxyl groups excluding tert-OH is 1. The van der Waals surface area contributed by atoms with Gasteiger partial charge in [-0.3, -0.25) is 9.69 Å². The molecular formula is C18H23N3O3. The maximum Gasteiger partial charge on any atom is 0.239 e. The Balaban J connectivity index is 1.69. The molecule has 1 aliphatic carbocycles. The second-order valence-electron chi connectivity index (χ2n) is 6.17. The first-order valence-corrected chi connectivity index (χ1v) is 8.33. The average molecular weight is 329 g/mol. The minimum absolute atomic E-state index is 0.120. The third kappa shape index (κ3) is 3.83. The van der Waals surface area contributed by atoms with E-state index in [2.05, 4.69) is 33.6 Å². The Bertz CT molecular complexity index is 698. The molecule has 6 heteroatoms. The lowest BCUT2D eigenvalue weighted by Gasteiger charge is -2.28. The van der Waals surface area contributed by atoms with Crippen LogP contribution in [0.4, 0.5) is 5.82 Å². The van der Waals surface area contributed by atoms with Gasteiger partial charge in [0.2, 0.25) is 5.91 Å². The number of rotatable bonds is 7. The molecule has 0 saturated carbocycles. The fraction of sp³-hybridized carbons (Fsp3) is 0.444. The van der Waals surface area contributed by atoms with Crippen LogP contribution in [-0.4, -0.2) is 40.8 Å². The van der Waals surface area contributed by atoms with E-state index in [0.717, 1.165) is 12.8 Å². The summed E-state index contributed by atoms with van der Waals surface area (Å²) in [7, 11) is 0. The molecule has 0 bridgehead atoms. The molecule has 0 unspecified atom stereocenters. The van der Waals surface area contributed by atoms with Crippen molar-refractivity contribution >= 4 is 11.7 Å². The number of carbonyl (C=O) groups is 1. The first-order valence-electron chi connectivity index (χ1n) is 8.33. The molecule has 1 heterocycles. The van der Waals surface area contributed by atoms with Gasteiger partial charge in [0, 0.05) is 25.3 Å². The summed E-state index contributed by atoms with van der Waals surface area (Å²) >= 11 is 0. The molecule has 6 nitrogen and oxygen atoms in total. The summed E-state index contributed by atoms with van der Waals surface area (Å²) in [5, 5.41) is 15.7. The summed E-state index contributed by atoms with van der Waals surface area (Å²) in [6, 6.07) is 10.3. The number of benzene rings is 1. The van der Waals surface area contributed by atoms with Crippen molar-refractivity contribution < 1.29 is 14.4 Å². The van der Waals surface area contributed by atoms with Gasteiger partial charge in [-0.25, -0.2) is 0 Å². The zero-order chi connectivity index (χ0) is 16.9. The van der Waals surface area contributed by atoms with Crippen molar-refractivity contribution in [2.45, 2.75) is 32.2 Å². The largest absolute Gasteiger partial charge is 0.396 e. The minimum Gasteiger partial charge on any atom is -0.396 e. The molecule has 2 aromatic rings. The van der Waals surface area contributed by atoms with Gasteiger partial charge in [-0.1, -0.05) is 29.4 Å². The topological polar surface area (TPSA) is 78.6 Å².